The van der Waals surface area contributed by atoms with E-state index in [2.05, 4.69) is 5.32 Å². The Morgan fingerprint density at radius 2 is 2.10 bits per heavy atom. The summed E-state index contributed by atoms with van der Waals surface area (Å²) >= 11 is 11.8. The van der Waals surface area contributed by atoms with Crippen LogP contribution < -0.4 is 10.1 Å². The molecule has 0 bridgehead atoms. The number of benzene rings is 1. The van der Waals surface area contributed by atoms with Gasteiger partial charge in [-0.15, -0.1) is 0 Å². The van der Waals surface area contributed by atoms with Gasteiger partial charge in [0, 0.05) is 24.3 Å². The maximum absolute atomic E-state index is 12.0. The number of carbonyl (C=O) groups is 1. The molecule has 2 rings (SSSR count). The molecule has 5 nitrogen and oxygen atoms in total. The van der Waals surface area contributed by atoms with E-state index in [-0.39, 0.29) is 19.1 Å². The van der Waals surface area contributed by atoms with Gasteiger partial charge in [0.25, 0.3) is 5.91 Å². The Kier molecular flexibility index (Phi) is 5.70. The lowest BCUT2D eigenvalue weighted by Crippen LogP contribution is -2.55. The Balaban J connectivity index is 1.91. The van der Waals surface area contributed by atoms with Gasteiger partial charge < -0.3 is 19.9 Å². The van der Waals surface area contributed by atoms with Crippen LogP contribution >= 0.6 is 23.2 Å². The number of aliphatic hydroxyl groups excluding tert-OH is 1. The molecule has 1 aliphatic rings. The minimum Gasteiger partial charge on any atom is -0.482 e. The number of nitrogens with one attached hydrogen (secondary N) is 1. The summed E-state index contributed by atoms with van der Waals surface area (Å²) in [4.78, 5) is 12.0. The van der Waals surface area contributed by atoms with Gasteiger partial charge in [0.1, 0.15) is 5.75 Å². The van der Waals surface area contributed by atoms with Crippen molar-refractivity contribution in [2.75, 3.05) is 26.4 Å². The molecule has 0 aliphatic carbocycles. The third kappa shape index (κ3) is 4.48. The first kappa shape index (κ1) is 16.4. The quantitative estimate of drug-likeness (QED) is 0.865. The summed E-state index contributed by atoms with van der Waals surface area (Å²) < 4.78 is 10.6. The second-order valence-electron chi connectivity index (χ2n) is 4.96. The highest BCUT2D eigenvalue weighted by molar-refractivity contribution is 6.34. The smallest absolute Gasteiger partial charge is 0.258 e. The summed E-state index contributed by atoms with van der Waals surface area (Å²) in [6.07, 6.45) is 1.15. The van der Waals surface area contributed by atoms with Crippen LogP contribution in [0.1, 0.15) is 12.8 Å². The molecule has 1 saturated heterocycles. The van der Waals surface area contributed by atoms with Gasteiger partial charge in [0.15, 0.2) is 6.61 Å². The molecular formula is C14H17Cl2NO4. The van der Waals surface area contributed by atoms with Gasteiger partial charge in [0.05, 0.1) is 17.2 Å². The van der Waals surface area contributed by atoms with E-state index in [0.29, 0.717) is 41.9 Å². The first-order valence-corrected chi connectivity index (χ1v) is 7.38. The van der Waals surface area contributed by atoms with Crippen LogP contribution in [0.4, 0.5) is 0 Å². The zero-order valence-electron chi connectivity index (χ0n) is 11.4. The average molecular weight is 334 g/mol. The van der Waals surface area contributed by atoms with Gasteiger partial charge in [-0.2, -0.15) is 0 Å². The van der Waals surface area contributed by atoms with Gasteiger partial charge >= 0.3 is 0 Å². The molecule has 0 atom stereocenters. The number of hydrogen-bond acceptors (Lipinski definition) is 4. The Labute approximate surface area is 133 Å². The van der Waals surface area contributed by atoms with Crippen molar-refractivity contribution in [1.82, 2.24) is 5.32 Å². The molecule has 0 saturated carbocycles. The third-order valence-corrected chi connectivity index (χ3v) is 3.96. The van der Waals surface area contributed by atoms with Crippen molar-refractivity contribution in [2.24, 2.45) is 0 Å². The molecule has 116 valence electrons. The van der Waals surface area contributed by atoms with Crippen LogP contribution in [-0.2, 0) is 9.53 Å². The van der Waals surface area contributed by atoms with Crippen molar-refractivity contribution in [3.63, 3.8) is 0 Å². The van der Waals surface area contributed by atoms with Gasteiger partial charge in [-0.05, 0) is 25.0 Å². The second kappa shape index (κ2) is 7.31. The maximum Gasteiger partial charge on any atom is 0.258 e. The van der Waals surface area contributed by atoms with E-state index in [1.165, 1.54) is 0 Å². The minimum absolute atomic E-state index is 0.125. The predicted molar refractivity (Wildman–Crippen MR) is 80.0 cm³/mol. The summed E-state index contributed by atoms with van der Waals surface area (Å²) in [5, 5.41) is 13.2. The van der Waals surface area contributed by atoms with Gasteiger partial charge in [-0.3, -0.25) is 4.79 Å². The van der Waals surface area contributed by atoms with E-state index in [4.69, 9.17) is 32.7 Å². The van der Waals surface area contributed by atoms with Crippen LogP contribution in [0.5, 0.6) is 5.75 Å². The fourth-order valence-electron chi connectivity index (χ4n) is 2.15. The molecule has 1 aromatic carbocycles. The molecule has 1 amide bonds. The highest BCUT2D eigenvalue weighted by Crippen LogP contribution is 2.27. The monoisotopic (exact) mass is 333 g/mol. The van der Waals surface area contributed by atoms with Crippen molar-refractivity contribution < 1.29 is 19.4 Å². The van der Waals surface area contributed by atoms with Crippen LogP contribution in [0.2, 0.25) is 10.0 Å². The van der Waals surface area contributed by atoms with Gasteiger partial charge in [-0.1, -0.05) is 23.2 Å². The Bertz CT molecular complexity index is 504. The highest BCUT2D eigenvalue weighted by atomic mass is 35.5. The average Bonchev–Trinajstić information content (AvgIpc) is 2.49. The standard InChI is InChI=1S/C14H17Cl2NO4/c15-10-1-2-11(16)12(7-10)21-8-13(19)17-14(9-18)3-5-20-6-4-14/h1-2,7,18H,3-6,8-9H2,(H,17,19). The fourth-order valence-corrected chi connectivity index (χ4v) is 2.48. The number of aliphatic hydroxyl groups is 1. The van der Waals surface area contributed by atoms with Crippen LogP contribution in [0.25, 0.3) is 0 Å². The van der Waals surface area contributed by atoms with E-state index >= 15 is 0 Å². The number of carbonyl (C=O) groups excluding carboxylic acids is 1. The molecule has 0 aromatic heterocycles. The second-order valence-corrected chi connectivity index (χ2v) is 5.81. The molecule has 7 heteroatoms. The molecule has 0 radical (unpaired) electrons. The summed E-state index contributed by atoms with van der Waals surface area (Å²) in [5.74, 6) is 0.0336. The van der Waals surface area contributed by atoms with E-state index in [1.807, 2.05) is 0 Å². The van der Waals surface area contributed by atoms with Crippen LogP contribution in [0.15, 0.2) is 18.2 Å². The van der Waals surface area contributed by atoms with Gasteiger partial charge in [0.2, 0.25) is 0 Å². The zero-order chi connectivity index (χ0) is 15.3. The summed E-state index contributed by atoms with van der Waals surface area (Å²) in [5.41, 5.74) is -0.628. The lowest BCUT2D eigenvalue weighted by molar-refractivity contribution is -0.127. The molecule has 1 heterocycles. The number of hydrogen-bond donors (Lipinski definition) is 2. The SMILES string of the molecule is O=C(COc1cc(Cl)ccc1Cl)NC1(CO)CCOCC1. The molecule has 1 fully saturated rings. The highest BCUT2D eigenvalue weighted by Gasteiger charge is 2.33. The maximum atomic E-state index is 12.0. The first-order chi connectivity index (χ1) is 10.0. The summed E-state index contributed by atoms with van der Waals surface area (Å²) in [6.45, 7) is 0.715. The molecule has 21 heavy (non-hydrogen) atoms. The number of halogens is 2. The normalized spacial score (nSPS) is 17.3. The molecular weight excluding hydrogens is 317 g/mol. The number of ether oxygens (including phenoxy) is 2. The van der Waals surface area contributed by atoms with E-state index in [1.54, 1.807) is 18.2 Å². The van der Waals surface area contributed by atoms with Crippen molar-refractivity contribution in [2.45, 2.75) is 18.4 Å². The van der Waals surface area contributed by atoms with Gasteiger partial charge in [-0.25, -0.2) is 0 Å². The fraction of sp³-hybridized carbons (Fsp3) is 0.500. The van der Waals surface area contributed by atoms with Crippen molar-refractivity contribution in [1.29, 1.82) is 0 Å². The van der Waals surface area contributed by atoms with Crippen LogP contribution in [0.3, 0.4) is 0 Å². The predicted octanol–water partition coefficient (Wildman–Crippen LogP) is 2.03. The zero-order valence-corrected chi connectivity index (χ0v) is 12.9. The molecule has 0 unspecified atom stereocenters. The number of amides is 1. The number of rotatable bonds is 5. The summed E-state index contributed by atoms with van der Waals surface area (Å²) in [6, 6.07) is 4.79. The Morgan fingerprint density at radius 1 is 1.38 bits per heavy atom. The largest absolute Gasteiger partial charge is 0.482 e. The molecule has 2 N–H and O–H groups in total. The summed E-state index contributed by atoms with van der Waals surface area (Å²) in [7, 11) is 0. The molecule has 1 aromatic rings. The Morgan fingerprint density at radius 3 is 2.76 bits per heavy atom. The topological polar surface area (TPSA) is 67.8 Å². The van der Waals surface area contributed by atoms with Crippen molar-refractivity contribution in [3.8, 4) is 5.75 Å². The molecule has 0 spiro atoms. The minimum atomic E-state index is -0.628. The molecule has 1 aliphatic heterocycles. The van der Waals surface area contributed by atoms with E-state index < -0.39 is 5.54 Å². The van der Waals surface area contributed by atoms with Crippen molar-refractivity contribution >= 4 is 29.1 Å². The van der Waals surface area contributed by atoms with Crippen molar-refractivity contribution in [3.05, 3.63) is 28.2 Å². The van der Waals surface area contributed by atoms with Crippen LogP contribution in [0, 0.1) is 0 Å². The lowest BCUT2D eigenvalue weighted by atomic mass is 9.91. The Hall–Kier alpha value is -1.01. The third-order valence-electron chi connectivity index (χ3n) is 3.41. The lowest BCUT2D eigenvalue weighted by Gasteiger charge is -2.36. The van der Waals surface area contributed by atoms with E-state index in [0.717, 1.165) is 0 Å². The van der Waals surface area contributed by atoms with Crippen LogP contribution in [-0.4, -0.2) is 43.0 Å². The van der Waals surface area contributed by atoms with E-state index in [9.17, 15) is 9.90 Å². The first-order valence-electron chi connectivity index (χ1n) is 6.62.